The standard InChI is InChI=1S/C9H9ClO4S/c10-8-3-1-7(2-4-8)5-9(11)6-15(12,13)14/h1-4H,5-6H2,(H,12,13,14). The molecule has 6 heteroatoms. The smallest absolute Gasteiger partial charge is 0.272 e. The van der Waals surface area contributed by atoms with Crippen LogP contribution in [0, 0.1) is 0 Å². The van der Waals surface area contributed by atoms with E-state index in [2.05, 4.69) is 0 Å². The molecule has 0 heterocycles. The van der Waals surface area contributed by atoms with Gasteiger partial charge in [0.2, 0.25) is 0 Å². The van der Waals surface area contributed by atoms with Crippen LogP contribution >= 0.6 is 11.6 Å². The van der Waals surface area contributed by atoms with Gasteiger partial charge < -0.3 is 0 Å². The fraction of sp³-hybridized carbons (Fsp3) is 0.222. The van der Waals surface area contributed by atoms with Gasteiger partial charge in [0.1, 0.15) is 5.75 Å². The minimum absolute atomic E-state index is 0.0308. The molecule has 1 aromatic carbocycles. The van der Waals surface area contributed by atoms with Gasteiger partial charge >= 0.3 is 0 Å². The summed E-state index contributed by atoms with van der Waals surface area (Å²) < 4.78 is 29.2. The monoisotopic (exact) mass is 248 g/mol. The van der Waals surface area contributed by atoms with Gasteiger partial charge in [-0.25, -0.2) is 0 Å². The Morgan fingerprint density at radius 2 is 1.80 bits per heavy atom. The summed E-state index contributed by atoms with van der Waals surface area (Å²) in [5, 5.41) is 0.543. The first-order valence-corrected chi connectivity index (χ1v) is 6.07. The van der Waals surface area contributed by atoms with E-state index < -0.39 is 21.7 Å². The first-order chi connectivity index (χ1) is 6.87. The Labute approximate surface area is 92.6 Å². The quantitative estimate of drug-likeness (QED) is 0.817. The predicted octanol–water partition coefficient (Wildman–Crippen LogP) is 1.34. The second-order valence-corrected chi connectivity index (χ2v) is 4.96. The van der Waals surface area contributed by atoms with Crippen LogP contribution in [0.25, 0.3) is 0 Å². The Bertz CT molecular complexity index is 450. The molecule has 1 N–H and O–H groups in total. The Kier molecular flexibility index (Phi) is 3.84. The van der Waals surface area contributed by atoms with Crippen LogP contribution in [0.1, 0.15) is 5.56 Å². The molecule has 15 heavy (non-hydrogen) atoms. The van der Waals surface area contributed by atoms with Crippen LogP contribution < -0.4 is 0 Å². The number of ketones is 1. The maximum atomic E-state index is 11.1. The summed E-state index contributed by atoms with van der Waals surface area (Å²) in [5.74, 6) is -1.41. The molecule has 0 spiro atoms. The molecule has 0 fully saturated rings. The van der Waals surface area contributed by atoms with Gasteiger partial charge in [-0.05, 0) is 17.7 Å². The van der Waals surface area contributed by atoms with Gasteiger partial charge in [-0.1, -0.05) is 23.7 Å². The molecule has 0 amide bonds. The zero-order valence-electron chi connectivity index (χ0n) is 7.68. The molecule has 0 aliphatic heterocycles. The fourth-order valence-electron chi connectivity index (χ4n) is 1.08. The number of hydrogen-bond donors (Lipinski definition) is 1. The van der Waals surface area contributed by atoms with E-state index in [1.807, 2.05) is 0 Å². The van der Waals surface area contributed by atoms with E-state index in [9.17, 15) is 13.2 Å². The predicted molar refractivity (Wildman–Crippen MR) is 56.6 cm³/mol. The SMILES string of the molecule is O=C(Cc1ccc(Cl)cc1)CS(=O)(=O)O. The van der Waals surface area contributed by atoms with Crippen LogP contribution in [0.15, 0.2) is 24.3 Å². The largest absolute Gasteiger partial charge is 0.298 e. The normalized spacial score (nSPS) is 11.3. The molecule has 1 rings (SSSR count). The molecule has 0 aromatic heterocycles. The highest BCUT2D eigenvalue weighted by atomic mass is 35.5. The first kappa shape index (κ1) is 12.2. The van der Waals surface area contributed by atoms with Crippen LogP contribution in [0.3, 0.4) is 0 Å². The number of halogens is 1. The van der Waals surface area contributed by atoms with Crippen LogP contribution in [-0.2, 0) is 21.3 Å². The first-order valence-electron chi connectivity index (χ1n) is 4.08. The molecule has 1 aromatic rings. The van der Waals surface area contributed by atoms with Gasteiger partial charge in [0.15, 0.2) is 5.78 Å². The molecular formula is C9H9ClO4S. The van der Waals surface area contributed by atoms with Crippen molar-refractivity contribution in [2.24, 2.45) is 0 Å². The number of carbonyl (C=O) groups is 1. The summed E-state index contributed by atoms with van der Waals surface area (Å²) >= 11 is 5.63. The van der Waals surface area contributed by atoms with Crippen LogP contribution in [0.5, 0.6) is 0 Å². The van der Waals surface area contributed by atoms with Crippen molar-refractivity contribution in [1.82, 2.24) is 0 Å². The molecule has 0 saturated carbocycles. The lowest BCUT2D eigenvalue weighted by atomic mass is 10.1. The van der Waals surface area contributed by atoms with Gasteiger partial charge in [0.25, 0.3) is 10.1 Å². The van der Waals surface area contributed by atoms with Gasteiger partial charge in [0.05, 0.1) is 0 Å². The molecular weight excluding hydrogens is 240 g/mol. The minimum atomic E-state index is -4.23. The maximum absolute atomic E-state index is 11.1. The fourth-order valence-corrected chi connectivity index (χ4v) is 1.72. The van der Waals surface area contributed by atoms with Gasteiger partial charge in [-0.2, -0.15) is 8.42 Å². The highest BCUT2D eigenvalue weighted by Crippen LogP contribution is 2.10. The zero-order valence-corrected chi connectivity index (χ0v) is 9.25. The van der Waals surface area contributed by atoms with Crippen molar-refractivity contribution in [3.63, 3.8) is 0 Å². The second-order valence-electron chi connectivity index (χ2n) is 3.07. The lowest BCUT2D eigenvalue weighted by Crippen LogP contribution is -2.16. The summed E-state index contributed by atoms with van der Waals surface area (Å²) in [6.45, 7) is 0. The van der Waals surface area contributed by atoms with E-state index in [4.69, 9.17) is 16.2 Å². The summed E-state index contributed by atoms with van der Waals surface area (Å²) in [6, 6.07) is 6.48. The van der Waals surface area contributed by atoms with E-state index in [-0.39, 0.29) is 6.42 Å². The molecule has 0 radical (unpaired) electrons. The molecule has 0 saturated heterocycles. The summed E-state index contributed by atoms with van der Waals surface area (Å²) in [5.41, 5.74) is 0.660. The third kappa shape index (κ3) is 4.92. The van der Waals surface area contributed by atoms with E-state index >= 15 is 0 Å². The highest BCUT2D eigenvalue weighted by Gasteiger charge is 2.12. The molecule has 0 atom stereocenters. The number of hydrogen-bond acceptors (Lipinski definition) is 3. The van der Waals surface area contributed by atoms with Gasteiger partial charge in [-0.15, -0.1) is 0 Å². The van der Waals surface area contributed by atoms with E-state index in [0.717, 1.165) is 0 Å². The molecule has 0 unspecified atom stereocenters. The van der Waals surface area contributed by atoms with E-state index in [0.29, 0.717) is 10.6 Å². The zero-order chi connectivity index (χ0) is 11.5. The average Bonchev–Trinajstić information content (AvgIpc) is 2.05. The van der Waals surface area contributed by atoms with E-state index in [1.54, 1.807) is 24.3 Å². The maximum Gasteiger partial charge on any atom is 0.272 e. The van der Waals surface area contributed by atoms with Crippen LogP contribution in [0.2, 0.25) is 5.02 Å². The molecule has 82 valence electrons. The van der Waals surface area contributed by atoms with Gasteiger partial charge in [-0.3, -0.25) is 9.35 Å². The summed E-state index contributed by atoms with van der Waals surface area (Å²) in [7, 11) is -4.23. The number of Topliss-reactive ketones (excluding diaryl/α,β-unsaturated/α-hetero) is 1. The third-order valence-corrected chi connectivity index (χ3v) is 2.60. The average molecular weight is 249 g/mol. The van der Waals surface area contributed by atoms with Crippen molar-refractivity contribution in [2.45, 2.75) is 6.42 Å². The third-order valence-electron chi connectivity index (χ3n) is 1.66. The van der Waals surface area contributed by atoms with E-state index in [1.165, 1.54) is 0 Å². The summed E-state index contributed by atoms with van der Waals surface area (Å²) in [6.07, 6.45) is -0.0308. The van der Waals surface area contributed by atoms with Crippen molar-refractivity contribution in [3.8, 4) is 0 Å². The Hall–Kier alpha value is -0.910. The Balaban J connectivity index is 2.63. The van der Waals surface area contributed by atoms with Crippen molar-refractivity contribution in [1.29, 1.82) is 0 Å². The topological polar surface area (TPSA) is 71.4 Å². The lowest BCUT2D eigenvalue weighted by Gasteiger charge is -1.99. The van der Waals surface area contributed by atoms with Gasteiger partial charge in [0, 0.05) is 11.4 Å². The number of benzene rings is 1. The second kappa shape index (κ2) is 4.74. The van der Waals surface area contributed by atoms with Crippen LogP contribution in [0.4, 0.5) is 0 Å². The van der Waals surface area contributed by atoms with Crippen molar-refractivity contribution in [2.75, 3.05) is 5.75 Å². The Morgan fingerprint density at radius 3 is 2.27 bits per heavy atom. The van der Waals surface area contributed by atoms with Crippen molar-refractivity contribution in [3.05, 3.63) is 34.9 Å². The van der Waals surface area contributed by atoms with Crippen molar-refractivity contribution >= 4 is 27.5 Å². The highest BCUT2D eigenvalue weighted by molar-refractivity contribution is 7.86. The Morgan fingerprint density at radius 1 is 1.27 bits per heavy atom. The molecule has 0 aliphatic carbocycles. The lowest BCUT2D eigenvalue weighted by molar-refractivity contribution is -0.116. The molecule has 4 nitrogen and oxygen atoms in total. The number of carbonyl (C=O) groups excluding carboxylic acids is 1. The molecule has 0 aliphatic rings. The summed E-state index contributed by atoms with van der Waals surface area (Å²) in [4.78, 5) is 11.1. The molecule has 0 bridgehead atoms. The minimum Gasteiger partial charge on any atom is -0.298 e. The van der Waals surface area contributed by atoms with Crippen LogP contribution in [-0.4, -0.2) is 24.5 Å². The number of rotatable bonds is 4. The van der Waals surface area contributed by atoms with Crippen molar-refractivity contribution < 1.29 is 17.8 Å².